The van der Waals surface area contributed by atoms with Gasteiger partial charge in [-0.2, -0.15) is 0 Å². The van der Waals surface area contributed by atoms with Crippen LogP contribution in [0.2, 0.25) is 0 Å². The van der Waals surface area contributed by atoms with E-state index in [0.29, 0.717) is 37.5 Å². The average Bonchev–Trinajstić information content (AvgIpc) is 3.33. The highest BCUT2D eigenvalue weighted by molar-refractivity contribution is 5.93. The van der Waals surface area contributed by atoms with Gasteiger partial charge in [0, 0.05) is 19.6 Å². The maximum Gasteiger partial charge on any atom is 0.326 e. The minimum absolute atomic E-state index is 0.0711. The van der Waals surface area contributed by atoms with Crippen molar-refractivity contribution in [2.75, 3.05) is 27.4 Å². The molecular weight excluding hydrogens is 452 g/mol. The molecule has 0 saturated carbocycles. The number of nitrogens with one attached hydrogen (secondary N) is 2. The van der Waals surface area contributed by atoms with Gasteiger partial charge in [0.25, 0.3) is 5.91 Å². The third-order valence-electron chi connectivity index (χ3n) is 6.05. The van der Waals surface area contributed by atoms with Crippen molar-refractivity contribution in [2.45, 2.75) is 44.2 Å². The first-order chi connectivity index (χ1) is 16.8. The molecule has 3 N–H and O–H groups in total. The summed E-state index contributed by atoms with van der Waals surface area (Å²) in [7, 11) is 3.17. The van der Waals surface area contributed by atoms with E-state index in [1.165, 1.54) is 0 Å². The van der Waals surface area contributed by atoms with Gasteiger partial charge in [-0.3, -0.25) is 9.59 Å². The quantitative estimate of drug-likeness (QED) is 0.448. The van der Waals surface area contributed by atoms with Crippen LogP contribution in [0.3, 0.4) is 0 Å². The van der Waals surface area contributed by atoms with Crippen molar-refractivity contribution in [3.63, 3.8) is 0 Å². The van der Waals surface area contributed by atoms with Gasteiger partial charge in [-0.05, 0) is 43.0 Å². The Balaban J connectivity index is 1.76. The Kier molecular flexibility index (Phi) is 8.70. The molecule has 1 aliphatic heterocycles. The maximum atomic E-state index is 13.1. The van der Waals surface area contributed by atoms with Gasteiger partial charge in [-0.25, -0.2) is 4.79 Å². The number of carboxylic acids is 1. The highest BCUT2D eigenvalue weighted by atomic mass is 16.5. The van der Waals surface area contributed by atoms with Crippen molar-refractivity contribution in [3.05, 3.63) is 48.0 Å². The number of carbonyl (C=O) groups is 3. The van der Waals surface area contributed by atoms with E-state index in [1.807, 2.05) is 30.3 Å². The van der Waals surface area contributed by atoms with E-state index < -0.39 is 23.5 Å². The zero-order valence-corrected chi connectivity index (χ0v) is 20.3. The molecule has 9 heteroatoms. The summed E-state index contributed by atoms with van der Waals surface area (Å²) >= 11 is 0. The zero-order valence-electron chi connectivity index (χ0n) is 20.3. The molecule has 2 amide bonds. The molecule has 2 atom stereocenters. The number of carbonyl (C=O) groups excluding carboxylic acids is 2. The van der Waals surface area contributed by atoms with E-state index in [4.69, 9.17) is 14.2 Å². The number of aliphatic carboxylic acids is 1. The van der Waals surface area contributed by atoms with Gasteiger partial charge in [0.1, 0.15) is 17.5 Å². The fourth-order valence-corrected chi connectivity index (χ4v) is 4.28. The van der Waals surface area contributed by atoms with Gasteiger partial charge >= 0.3 is 5.97 Å². The Morgan fingerprint density at radius 1 is 1.09 bits per heavy atom. The van der Waals surface area contributed by atoms with E-state index >= 15 is 0 Å². The molecule has 1 unspecified atom stereocenters. The second kappa shape index (κ2) is 11.7. The third-order valence-corrected chi connectivity index (χ3v) is 6.05. The maximum absolute atomic E-state index is 13.1. The van der Waals surface area contributed by atoms with Crippen molar-refractivity contribution in [2.24, 2.45) is 0 Å². The number of ether oxygens (including phenoxy) is 3. The topological polar surface area (TPSA) is 123 Å². The first kappa shape index (κ1) is 26.0. The second-order valence-corrected chi connectivity index (χ2v) is 8.38. The summed E-state index contributed by atoms with van der Waals surface area (Å²) in [6.07, 6.45) is 0.909. The lowest BCUT2D eigenvalue weighted by Gasteiger charge is -2.28. The smallest absolute Gasteiger partial charge is 0.326 e. The molecule has 1 fully saturated rings. The van der Waals surface area contributed by atoms with E-state index in [0.717, 1.165) is 16.7 Å². The minimum atomic E-state index is -1.35. The van der Waals surface area contributed by atoms with Crippen LogP contribution in [0.1, 0.15) is 31.7 Å². The van der Waals surface area contributed by atoms with Crippen LogP contribution in [0.4, 0.5) is 0 Å². The molecule has 0 aliphatic carbocycles. The van der Waals surface area contributed by atoms with Gasteiger partial charge in [0.15, 0.2) is 5.60 Å². The van der Waals surface area contributed by atoms with Crippen LogP contribution < -0.4 is 20.1 Å². The van der Waals surface area contributed by atoms with Gasteiger partial charge in [0.2, 0.25) is 5.91 Å². The van der Waals surface area contributed by atoms with E-state index in [-0.39, 0.29) is 18.7 Å². The summed E-state index contributed by atoms with van der Waals surface area (Å²) in [5, 5.41) is 15.0. The Hall–Kier alpha value is -3.59. The first-order valence-electron chi connectivity index (χ1n) is 11.6. The van der Waals surface area contributed by atoms with Crippen LogP contribution in [-0.2, 0) is 25.5 Å². The molecular formula is C26H32N2O7. The van der Waals surface area contributed by atoms with Crippen molar-refractivity contribution in [1.29, 1.82) is 0 Å². The van der Waals surface area contributed by atoms with Crippen LogP contribution in [0, 0.1) is 0 Å². The summed E-state index contributed by atoms with van der Waals surface area (Å²) in [6, 6.07) is 11.7. The van der Waals surface area contributed by atoms with Crippen molar-refractivity contribution in [1.82, 2.24) is 10.6 Å². The van der Waals surface area contributed by atoms with Crippen molar-refractivity contribution < 1.29 is 33.7 Å². The largest absolute Gasteiger partial charge is 0.496 e. The molecule has 0 spiro atoms. The van der Waals surface area contributed by atoms with Crippen molar-refractivity contribution >= 4 is 17.8 Å². The first-order valence-corrected chi connectivity index (χ1v) is 11.6. The van der Waals surface area contributed by atoms with Crippen LogP contribution in [0.25, 0.3) is 11.1 Å². The number of benzene rings is 2. The fraction of sp³-hybridized carbons (Fsp3) is 0.423. The summed E-state index contributed by atoms with van der Waals surface area (Å²) in [5.41, 5.74) is 1.01. The van der Waals surface area contributed by atoms with Gasteiger partial charge in [-0.15, -0.1) is 0 Å². The highest BCUT2D eigenvalue weighted by Crippen LogP contribution is 2.38. The fourth-order valence-electron chi connectivity index (χ4n) is 4.28. The van der Waals surface area contributed by atoms with Crippen LogP contribution in [0.5, 0.6) is 11.5 Å². The molecule has 0 bridgehead atoms. The molecule has 0 radical (unpaired) electrons. The van der Waals surface area contributed by atoms with Crippen LogP contribution in [-0.4, -0.2) is 61.9 Å². The predicted molar refractivity (Wildman–Crippen MR) is 129 cm³/mol. The lowest BCUT2D eigenvalue weighted by Crippen LogP contribution is -2.54. The molecule has 0 aromatic heterocycles. The number of carboxylic acid groups (broad SMARTS) is 1. The number of amides is 2. The Labute approximate surface area is 204 Å². The molecule has 1 saturated heterocycles. The van der Waals surface area contributed by atoms with Gasteiger partial charge in [-0.1, -0.05) is 30.3 Å². The SMILES string of the molecule is CCNC(=O)CC1(C(=O)N[C@@H](Cc2ccc(-c3c(OC)cccc3OC)cc2)C(=O)O)CCCO1. The number of rotatable bonds is 11. The monoisotopic (exact) mass is 484 g/mol. The standard InChI is InChI=1S/C26H32N2O7/c1-4-27-22(29)16-26(13-6-14-35-26)25(32)28-19(24(30)31)15-17-9-11-18(12-10-17)23-20(33-2)7-5-8-21(23)34-3/h5,7-12,19H,4,6,13-16H2,1-3H3,(H,27,29)(H,28,32)(H,30,31)/t19-,26?/m0/s1. The van der Waals surface area contributed by atoms with E-state index in [1.54, 1.807) is 33.3 Å². The molecule has 1 heterocycles. The Bertz CT molecular complexity index is 1020. The van der Waals surface area contributed by atoms with E-state index in [9.17, 15) is 19.5 Å². The number of methoxy groups -OCH3 is 2. The minimum Gasteiger partial charge on any atom is -0.496 e. The lowest BCUT2D eigenvalue weighted by atomic mass is 9.93. The summed E-state index contributed by atoms with van der Waals surface area (Å²) < 4.78 is 16.6. The summed E-state index contributed by atoms with van der Waals surface area (Å²) in [5.74, 6) is -0.744. The lowest BCUT2D eigenvalue weighted by molar-refractivity contribution is -0.151. The third kappa shape index (κ3) is 6.10. The Morgan fingerprint density at radius 2 is 1.74 bits per heavy atom. The van der Waals surface area contributed by atoms with Crippen LogP contribution in [0.15, 0.2) is 42.5 Å². The number of hydrogen-bond donors (Lipinski definition) is 3. The molecule has 2 aromatic rings. The Morgan fingerprint density at radius 3 is 2.26 bits per heavy atom. The summed E-state index contributed by atoms with van der Waals surface area (Å²) in [6.45, 7) is 2.57. The average molecular weight is 485 g/mol. The predicted octanol–water partition coefficient (Wildman–Crippen LogP) is 2.56. The second-order valence-electron chi connectivity index (χ2n) is 8.38. The zero-order chi connectivity index (χ0) is 25.4. The highest BCUT2D eigenvalue weighted by Gasteiger charge is 2.45. The normalized spacial score (nSPS) is 17.9. The molecule has 188 valence electrons. The van der Waals surface area contributed by atoms with Gasteiger partial charge in [0.05, 0.1) is 26.2 Å². The molecule has 9 nitrogen and oxygen atoms in total. The van der Waals surface area contributed by atoms with Crippen molar-refractivity contribution in [3.8, 4) is 22.6 Å². The number of hydrogen-bond acceptors (Lipinski definition) is 6. The van der Waals surface area contributed by atoms with E-state index in [2.05, 4.69) is 10.6 Å². The molecule has 1 aliphatic rings. The van der Waals surface area contributed by atoms with Crippen LogP contribution >= 0.6 is 0 Å². The molecule has 2 aromatic carbocycles. The summed E-state index contributed by atoms with van der Waals surface area (Å²) in [4.78, 5) is 37.2. The molecule has 35 heavy (non-hydrogen) atoms. The van der Waals surface area contributed by atoms with Gasteiger partial charge < -0.3 is 30.0 Å². The molecule has 3 rings (SSSR count).